The van der Waals surface area contributed by atoms with E-state index in [0.29, 0.717) is 40.3 Å². The first kappa shape index (κ1) is 23.2. The third-order valence-corrected chi connectivity index (χ3v) is 5.71. The van der Waals surface area contributed by atoms with Crippen molar-refractivity contribution in [3.63, 3.8) is 0 Å². The molecule has 1 aromatic rings. The van der Waals surface area contributed by atoms with Gasteiger partial charge in [-0.1, -0.05) is 19.1 Å². The summed E-state index contributed by atoms with van der Waals surface area (Å²) >= 11 is 0. The van der Waals surface area contributed by atoms with Crippen molar-refractivity contribution in [3.05, 3.63) is 52.4 Å². The molecule has 170 valence electrons. The molecule has 3 rings (SSSR count). The molecule has 0 aromatic heterocycles. The Hall–Kier alpha value is -3.42. The number of carbonyl (C=O) groups is 4. The number of esters is 3. The number of hydrogen-bond donors (Lipinski definition) is 1. The molecule has 1 aliphatic heterocycles. The first-order valence-electron chi connectivity index (χ1n) is 10.5. The molecule has 0 bridgehead atoms. The maximum atomic E-state index is 13.6. The Balaban J connectivity index is 2.14. The molecule has 0 saturated heterocycles. The number of carbonyl (C=O) groups excluding carboxylic acids is 4. The number of Topliss-reactive ketones (excluding diaryl/α,β-unsaturated/α-hetero) is 1. The summed E-state index contributed by atoms with van der Waals surface area (Å²) in [5.74, 6) is -3.56. The van der Waals surface area contributed by atoms with Gasteiger partial charge in [0.2, 0.25) is 0 Å². The van der Waals surface area contributed by atoms with E-state index in [4.69, 9.17) is 14.2 Å². The van der Waals surface area contributed by atoms with Crippen molar-refractivity contribution in [1.82, 2.24) is 5.32 Å². The number of dihydropyridines is 1. The zero-order chi connectivity index (χ0) is 23.6. The lowest BCUT2D eigenvalue weighted by Gasteiger charge is -2.38. The van der Waals surface area contributed by atoms with Gasteiger partial charge in [0, 0.05) is 29.8 Å². The van der Waals surface area contributed by atoms with Gasteiger partial charge in [-0.2, -0.15) is 0 Å². The van der Waals surface area contributed by atoms with Crippen LogP contribution in [-0.4, -0.2) is 37.4 Å². The van der Waals surface area contributed by atoms with E-state index in [1.807, 2.05) is 6.92 Å². The normalized spacial score (nSPS) is 22.7. The van der Waals surface area contributed by atoms with Crippen molar-refractivity contribution in [2.45, 2.75) is 40.0 Å². The van der Waals surface area contributed by atoms with E-state index in [0.717, 1.165) is 0 Å². The lowest BCUT2D eigenvalue weighted by Crippen LogP contribution is -2.43. The summed E-state index contributed by atoms with van der Waals surface area (Å²) in [6.07, 6.45) is 0.455. The van der Waals surface area contributed by atoms with Crippen LogP contribution >= 0.6 is 0 Å². The molecule has 1 aromatic carbocycles. The monoisotopic (exact) mass is 441 g/mol. The van der Waals surface area contributed by atoms with E-state index in [1.54, 1.807) is 38.1 Å². The fourth-order valence-corrected chi connectivity index (χ4v) is 4.39. The Bertz CT molecular complexity index is 1020. The molecule has 8 heteroatoms. The number of allylic oxidation sites excluding steroid dienone is 3. The van der Waals surface area contributed by atoms with Gasteiger partial charge in [0.25, 0.3) is 0 Å². The summed E-state index contributed by atoms with van der Waals surface area (Å²) in [6, 6.07) is 6.60. The average molecular weight is 441 g/mol. The predicted octanol–water partition coefficient (Wildman–Crippen LogP) is 2.79. The first-order valence-corrected chi connectivity index (χ1v) is 10.5. The van der Waals surface area contributed by atoms with Crippen LogP contribution in [-0.2, 0) is 28.7 Å². The molecular weight excluding hydrogens is 414 g/mol. The largest absolute Gasteiger partial charge is 0.468 e. The lowest BCUT2D eigenvalue weighted by atomic mass is 9.69. The Morgan fingerprint density at radius 3 is 2.38 bits per heavy atom. The molecular formula is C24H27NO7. The van der Waals surface area contributed by atoms with Gasteiger partial charge < -0.3 is 19.5 Å². The van der Waals surface area contributed by atoms with Gasteiger partial charge in [-0.15, -0.1) is 0 Å². The topological polar surface area (TPSA) is 108 Å². The fourth-order valence-electron chi connectivity index (χ4n) is 4.39. The number of benzene rings is 1. The molecule has 8 nitrogen and oxygen atoms in total. The molecule has 0 spiro atoms. The van der Waals surface area contributed by atoms with Gasteiger partial charge in [0.1, 0.15) is 11.7 Å². The summed E-state index contributed by atoms with van der Waals surface area (Å²) in [5, 5.41) is 3.20. The van der Waals surface area contributed by atoms with Crippen molar-refractivity contribution in [2.75, 3.05) is 13.7 Å². The van der Waals surface area contributed by atoms with Crippen LogP contribution in [0.4, 0.5) is 0 Å². The second-order valence-electron chi connectivity index (χ2n) is 7.92. The van der Waals surface area contributed by atoms with E-state index in [9.17, 15) is 19.2 Å². The van der Waals surface area contributed by atoms with Crippen LogP contribution in [0.25, 0.3) is 0 Å². The van der Waals surface area contributed by atoms with Crippen LogP contribution in [0.3, 0.4) is 0 Å². The van der Waals surface area contributed by atoms with Gasteiger partial charge in [0.15, 0.2) is 5.78 Å². The highest BCUT2D eigenvalue weighted by Crippen LogP contribution is 2.45. The van der Waals surface area contributed by atoms with Crippen LogP contribution in [0.2, 0.25) is 0 Å². The van der Waals surface area contributed by atoms with Crippen molar-refractivity contribution < 1.29 is 33.4 Å². The lowest BCUT2D eigenvalue weighted by molar-refractivity contribution is -0.151. The number of methoxy groups -OCH3 is 1. The highest BCUT2D eigenvalue weighted by molar-refractivity contribution is 6.12. The number of nitrogens with one attached hydrogen (secondary N) is 1. The van der Waals surface area contributed by atoms with Crippen molar-refractivity contribution in [3.8, 4) is 5.75 Å². The highest BCUT2D eigenvalue weighted by atomic mass is 16.5. The maximum absolute atomic E-state index is 13.6. The minimum Gasteiger partial charge on any atom is -0.468 e. The Labute approximate surface area is 186 Å². The zero-order valence-corrected chi connectivity index (χ0v) is 18.8. The van der Waals surface area contributed by atoms with E-state index in [-0.39, 0.29) is 18.3 Å². The molecule has 0 radical (unpaired) electrons. The molecule has 0 saturated carbocycles. The molecule has 0 amide bonds. The summed E-state index contributed by atoms with van der Waals surface area (Å²) in [6.45, 7) is 6.77. The summed E-state index contributed by atoms with van der Waals surface area (Å²) in [7, 11) is 1.25. The number of ether oxygens (including phenoxy) is 3. The Morgan fingerprint density at radius 1 is 1.16 bits per heavy atom. The molecule has 0 unspecified atom stereocenters. The van der Waals surface area contributed by atoms with Crippen LogP contribution in [0.5, 0.6) is 5.75 Å². The quantitative estimate of drug-likeness (QED) is 0.422. The Kier molecular flexibility index (Phi) is 6.81. The SMILES string of the molecule is CCOC(=O)C1=C(C)NC2=C(C(=O)[C@@H](C(=O)OC)[C@@H](C)C2)[C@H]1c1ccc(OC(C)=O)cc1. The highest BCUT2D eigenvalue weighted by Gasteiger charge is 2.47. The smallest absolute Gasteiger partial charge is 0.336 e. The zero-order valence-electron chi connectivity index (χ0n) is 18.8. The second kappa shape index (κ2) is 9.38. The molecule has 3 atom stereocenters. The van der Waals surface area contributed by atoms with Gasteiger partial charge in [0.05, 0.1) is 19.3 Å². The maximum Gasteiger partial charge on any atom is 0.336 e. The van der Waals surface area contributed by atoms with Crippen LogP contribution in [0, 0.1) is 11.8 Å². The van der Waals surface area contributed by atoms with Gasteiger partial charge >= 0.3 is 17.9 Å². The van der Waals surface area contributed by atoms with Crippen molar-refractivity contribution in [1.29, 1.82) is 0 Å². The minimum atomic E-state index is -0.953. The predicted molar refractivity (Wildman–Crippen MR) is 114 cm³/mol. The molecule has 1 N–H and O–H groups in total. The van der Waals surface area contributed by atoms with E-state index in [2.05, 4.69) is 5.32 Å². The molecule has 1 heterocycles. The van der Waals surface area contributed by atoms with Gasteiger partial charge in [-0.25, -0.2) is 4.79 Å². The van der Waals surface area contributed by atoms with E-state index in [1.165, 1.54) is 14.0 Å². The van der Waals surface area contributed by atoms with Crippen molar-refractivity contribution >= 4 is 23.7 Å². The first-order chi connectivity index (χ1) is 15.2. The third kappa shape index (κ3) is 4.30. The third-order valence-electron chi connectivity index (χ3n) is 5.71. The second-order valence-corrected chi connectivity index (χ2v) is 7.92. The van der Waals surface area contributed by atoms with Gasteiger partial charge in [-0.3, -0.25) is 14.4 Å². The number of ketones is 1. The van der Waals surface area contributed by atoms with Crippen LogP contribution < -0.4 is 10.1 Å². The number of hydrogen-bond acceptors (Lipinski definition) is 8. The van der Waals surface area contributed by atoms with E-state index >= 15 is 0 Å². The molecule has 2 aliphatic rings. The van der Waals surface area contributed by atoms with E-state index < -0.39 is 29.7 Å². The molecule has 0 fully saturated rings. The summed E-state index contributed by atoms with van der Waals surface area (Å²) in [5.41, 5.74) is 2.57. The standard InChI is InChI=1S/C24H27NO7/c1-6-31-24(29)19-13(3)25-17-11-12(2)18(23(28)30-5)22(27)21(17)20(19)15-7-9-16(10-8-15)32-14(4)26/h7-10,12,18,20,25H,6,11H2,1-5H3/t12-,18-,20-/m0/s1. The minimum absolute atomic E-state index is 0.176. The summed E-state index contributed by atoms with van der Waals surface area (Å²) in [4.78, 5) is 50.1. The molecule has 32 heavy (non-hydrogen) atoms. The Morgan fingerprint density at radius 2 is 1.81 bits per heavy atom. The molecule has 1 aliphatic carbocycles. The fraction of sp³-hybridized carbons (Fsp3) is 0.417. The number of rotatable bonds is 5. The van der Waals surface area contributed by atoms with Crippen molar-refractivity contribution in [2.24, 2.45) is 11.8 Å². The summed E-state index contributed by atoms with van der Waals surface area (Å²) < 4.78 is 15.3. The van der Waals surface area contributed by atoms with Crippen LogP contribution in [0.15, 0.2) is 46.8 Å². The van der Waals surface area contributed by atoms with Gasteiger partial charge in [-0.05, 0) is 43.9 Å². The van der Waals surface area contributed by atoms with Crippen LogP contribution in [0.1, 0.15) is 45.6 Å². The average Bonchev–Trinajstić information content (AvgIpc) is 2.72.